The zero-order chi connectivity index (χ0) is 15.0. The van der Waals surface area contributed by atoms with Crippen LogP contribution in [0.2, 0.25) is 5.02 Å². The first-order valence-electron chi connectivity index (χ1n) is 6.55. The molecule has 1 N–H and O–H groups in total. The molecule has 108 valence electrons. The Labute approximate surface area is 145 Å². The summed E-state index contributed by atoms with van der Waals surface area (Å²) >= 11 is 13.3. The SMILES string of the molecule is O=C1CCc2cc(C(Br)c3cc(Cl)cc(Br)c3)ccc2N1. The molecule has 1 aliphatic rings. The van der Waals surface area contributed by atoms with Gasteiger partial charge in [0.25, 0.3) is 0 Å². The van der Waals surface area contributed by atoms with Crippen LogP contribution >= 0.6 is 43.5 Å². The quantitative estimate of drug-likeness (QED) is 0.630. The van der Waals surface area contributed by atoms with E-state index in [4.69, 9.17) is 11.6 Å². The lowest BCUT2D eigenvalue weighted by Gasteiger charge is -2.19. The Morgan fingerprint density at radius 3 is 2.67 bits per heavy atom. The molecule has 21 heavy (non-hydrogen) atoms. The summed E-state index contributed by atoms with van der Waals surface area (Å²) < 4.78 is 0.958. The molecule has 0 radical (unpaired) electrons. The van der Waals surface area contributed by atoms with Gasteiger partial charge >= 0.3 is 0 Å². The largest absolute Gasteiger partial charge is 0.326 e. The van der Waals surface area contributed by atoms with Crippen molar-refractivity contribution in [1.82, 2.24) is 0 Å². The molecule has 1 amide bonds. The van der Waals surface area contributed by atoms with E-state index in [9.17, 15) is 4.79 Å². The van der Waals surface area contributed by atoms with Crippen LogP contribution in [-0.2, 0) is 11.2 Å². The van der Waals surface area contributed by atoms with Gasteiger partial charge in [-0.15, -0.1) is 0 Å². The van der Waals surface area contributed by atoms with Crippen molar-refractivity contribution >= 4 is 55.1 Å². The number of aryl methyl sites for hydroxylation is 1. The lowest BCUT2D eigenvalue weighted by atomic mass is 9.97. The van der Waals surface area contributed by atoms with Crippen LogP contribution in [0.15, 0.2) is 40.9 Å². The lowest BCUT2D eigenvalue weighted by molar-refractivity contribution is -0.116. The number of nitrogens with one attached hydrogen (secondary N) is 1. The topological polar surface area (TPSA) is 29.1 Å². The molecule has 0 aliphatic carbocycles. The van der Waals surface area contributed by atoms with Gasteiger partial charge in [-0.3, -0.25) is 4.79 Å². The molecule has 1 heterocycles. The normalized spacial score (nSPS) is 15.3. The highest BCUT2D eigenvalue weighted by Gasteiger charge is 2.18. The first-order valence-corrected chi connectivity index (χ1v) is 8.64. The van der Waals surface area contributed by atoms with Crippen molar-refractivity contribution in [1.29, 1.82) is 0 Å². The number of benzene rings is 2. The van der Waals surface area contributed by atoms with Crippen molar-refractivity contribution in [3.05, 3.63) is 62.6 Å². The van der Waals surface area contributed by atoms with Crippen molar-refractivity contribution in [3.63, 3.8) is 0 Å². The fourth-order valence-corrected chi connectivity index (χ4v) is 3.91. The zero-order valence-corrected chi connectivity index (χ0v) is 14.9. The van der Waals surface area contributed by atoms with Crippen molar-refractivity contribution in [2.75, 3.05) is 5.32 Å². The van der Waals surface area contributed by atoms with Gasteiger partial charge < -0.3 is 5.32 Å². The summed E-state index contributed by atoms with van der Waals surface area (Å²) in [6.45, 7) is 0. The van der Waals surface area contributed by atoms with E-state index in [-0.39, 0.29) is 10.7 Å². The summed E-state index contributed by atoms with van der Waals surface area (Å²) in [6.07, 6.45) is 1.33. The molecular weight excluding hydrogens is 417 g/mol. The average molecular weight is 430 g/mol. The Morgan fingerprint density at radius 2 is 1.90 bits per heavy atom. The summed E-state index contributed by atoms with van der Waals surface area (Å²) in [5.41, 5.74) is 4.34. The van der Waals surface area contributed by atoms with E-state index in [1.54, 1.807) is 0 Å². The molecule has 2 aromatic carbocycles. The molecular formula is C16H12Br2ClNO. The van der Waals surface area contributed by atoms with Crippen molar-refractivity contribution in [3.8, 4) is 0 Å². The van der Waals surface area contributed by atoms with E-state index < -0.39 is 0 Å². The first-order chi connectivity index (χ1) is 10.0. The summed E-state index contributed by atoms with van der Waals surface area (Å²) in [5, 5.41) is 3.60. The van der Waals surface area contributed by atoms with Gasteiger partial charge in [0, 0.05) is 21.6 Å². The van der Waals surface area contributed by atoms with Gasteiger partial charge in [-0.1, -0.05) is 55.6 Å². The van der Waals surface area contributed by atoms with E-state index in [1.165, 1.54) is 5.56 Å². The van der Waals surface area contributed by atoms with E-state index in [2.05, 4.69) is 43.2 Å². The molecule has 0 fully saturated rings. The number of rotatable bonds is 2. The van der Waals surface area contributed by atoms with Crippen LogP contribution in [0.25, 0.3) is 0 Å². The van der Waals surface area contributed by atoms with Crippen molar-refractivity contribution in [2.24, 2.45) is 0 Å². The number of carbonyl (C=O) groups excluding carboxylic acids is 1. The smallest absolute Gasteiger partial charge is 0.224 e. The Morgan fingerprint density at radius 1 is 1.10 bits per heavy atom. The second-order valence-corrected chi connectivity index (χ2v) is 7.30. The molecule has 3 rings (SSSR count). The molecule has 2 nitrogen and oxygen atoms in total. The van der Waals surface area contributed by atoms with Crippen LogP contribution in [0, 0.1) is 0 Å². The molecule has 0 bridgehead atoms. The van der Waals surface area contributed by atoms with Crippen LogP contribution in [0.3, 0.4) is 0 Å². The lowest BCUT2D eigenvalue weighted by Crippen LogP contribution is -2.19. The van der Waals surface area contributed by atoms with Gasteiger partial charge in [0.1, 0.15) is 0 Å². The average Bonchev–Trinajstić information content (AvgIpc) is 2.45. The third-order valence-corrected chi connectivity index (χ3v) is 5.23. The highest BCUT2D eigenvalue weighted by molar-refractivity contribution is 9.10. The van der Waals surface area contributed by atoms with Gasteiger partial charge in [-0.2, -0.15) is 0 Å². The van der Waals surface area contributed by atoms with Gasteiger partial charge in [0.15, 0.2) is 0 Å². The number of halogens is 3. The van der Waals surface area contributed by atoms with E-state index in [0.717, 1.165) is 27.7 Å². The number of alkyl halides is 1. The number of carbonyl (C=O) groups is 1. The van der Waals surface area contributed by atoms with E-state index >= 15 is 0 Å². The van der Waals surface area contributed by atoms with Crippen LogP contribution < -0.4 is 5.32 Å². The minimum absolute atomic E-state index is 0.0652. The monoisotopic (exact) mass is 427 g/mol. The minimum atomic E-state index is 0.0652. The van der Waals surface area contributed by atoms with Crippen molar-refractivity contribution < 1.29 is 4.79 Å². The van der Waals surface area contributed by atoms with Crippen LogP contribution in [0.1, 0.15) is 27.9 Å². The van der Waals surface area contributed by atoms with Crippen molar-refractivity contribution in [2.45, 2.75) is 17.7 Å². The molecule has 0 aromatic heterocycles. The number of hydrogen-bond acceptors (Lipinski definition) is 1. The first kappa shape index (κ1) is 15.1. The zero-order valence-electron chi connectivity index (χ0n) is 11.0. The van der Waals surface area contributed by atoms with Gasteiger partial charge in [-0.05, 0) is 47.4 Å². The molecule has 1 atom stereocenters. The number of anilines is 1. The van der Waals surface area contributed by atoms with E-state index in [0.29, 0.717) is 11.4 Å². The molecule has 1 unspecified atom stereocenters. The fourth-order valence-electron chi connectivity index (χ4n) is 2.47. The summed E-state index contributed by atoms with van der Waals surface area (Å²) in [5.74, 6) is 0.0874. The number of fused-ring (bicyclic) bond motifs is 1. The molecule has 1 aliphatic heterocycles. The summed E-state index contributed by atoms with van der Waals surface area (Å²) in [4.78, 5) is 11.5. The molecule has 0 spiro atoms. The molecule has 0 saturated carbocycles. The molecule has 5 heteroatoms. The summed E-state index contributed by atoms with van der Waals surface area (Å²) in [7, 11) is 0. The Hall–Kier alpha value is -0.840. The third kappa shape index (κ3) is 3.33. The number of hydrogen-bond donors (Lipinski definition) is 1. The third-order valence-electron chi connectivity index (χ3n) is 3.49. The van der Waals surface area contributed by atoms with E-state index in [1.807, 2.05) is 30.3 Å². The maximum Gasteiger partial charge on any atom is 0.224 e. The second kappa shape index (κ2) is 6.11. The Bertz CT molecular complexity index is 697. The predicted molar refractivity (Wildman–Crippen MR) is 93.3 cm³/mol. The van der Waals surface area contributed by atoms with Crippen LogP contribution in [0.4, 0.5) is 5.69 Å². The van der Waals surface area contributed by atoms with Gasteiger partial charge in [-0.25, -0.2) is 0 Å². The maximum atomic E-state index is 11.4. The van der Waals surface area contributed by atoms with Crippen LogP contribution in [-0.4, -0.2) is 5.91 Å². The molecule has 0 saturated heterocycles. The van der Waals surface area contributed by atoms with Crippen LogP contribution in [0.5, 0.6) is 0 Å². The standard InChI is InChI=1S/C16H12Br2ClNO/c17-12-6-11(7-13(19)8-12)16(18)10-1-3-14-9(5-10)2-4-15(21)20-14/h1,3,5-8,16H,2,4H2,(H,20,21). The minimum Gasteiger partial charge on any atom is -0.326 e. The predicted octanol–water partition coefficient (Wildman–Crippen LogP) is 5.47. The Kier molecular flexibility index (Phi) is 4.38. The summed E-state index contributed by atoms with van der Waals surface area (Å²) in [6, 6.07) is 12.0. The molecule has 2 aromatic rings. The number of amides is 1. The van der Waals surface area contributed by atoms with Gasteiger partial charge in [0.2, 0.25) is 5.91 Å². The fraction of sp³-hybridized carbons (Fsp3) is 0.188. The maximum absolute atomic E-state index is 11.4. The second-order valence-electron chi connectivity index (χ2n) is 5.03. The Balaban J connectivity index is 1.94. The highest BCUT2D eigenvalue weighted by atomic mass is 79.9. The highest BCUT2D eigenvalue weighted by Crippen LogP contribution is 2.36. The van der Waals surface area contributed by atoms with Gasteiger partial charge in [0.05, 0.1) is 4.83 Å².